The highest BCUT2D eigenvalue weighted by Crippen LogP contribution is 2.24. The molecule has 0 aromatic heterocycles. The zero-order chi connectivity index (χ0) is 12.0. The Balaban J connectivity index is 2.80. The van der Waals surface area contributed by atoms with Crippen LogP contribution in [-0.2, 0) is 0 Å². The number of rotatable bonds is 0. The molecule has 0 atom stereocenters. The summed E-state index contributed by atoms with van der Waals surface area (Å²) >= 11 is 0. The molecular formula is C15H26O. The van der Waals surface area contributed by atoms with Gasteiger partial charge >= 0.3 is 0 Å². The Morgan fingerprint density at radius 1 is 0.688 bits per heavy atom. The van der Waals surface area contributed by atoms with Crippen LogP contribution in [0.3, 0.4) is 0 Å². The summed E-state index contributed by atoms with van der Waals surface area (Å²) in [7, 11) is 0. The Hall–Kier alpha value is -0.720. The van der Waals surface area contributed by atoms with E-state index in [1.165, 1.54) is 49.7 Å². The molecule has 92 valence electrons. The lowest BCUT2D eigenvalue weighted by atomic mass is 9.95. The van der Waals surface area contributed by atoms with E-state index in [0.29, 0.717) is 5.76 Å². The Morgan fingerprint density at radius 2 is 1.19 bits per heavy atom. The lowest BCUT2D eigenvalue weighted by molar-refractivity contribution is 0.373. The van der Waals surface area contributed by atoms with Crippen LogP contribution in [0.5, 0.6) is 0 Å². The first-order valence-electron chi connectivity index (χ1n) is 6.68. The normalized spacial score (nSPS) is 30.7. The van der Waals surface area contributed by atoms with E-state index in [2.05, 4.69) is 20.8 Å². The molecule has 0 aromatic carbocycles. The lowest BCUT2D eigenvalue weighted by Crippen LogP contribution is -1.95. The molecule has 0 saturated carbocycles. The highest BCUT2D eigenvalue weighted by molar-refractivity contribution is 5.33. The maximum Gasteiger partial charge on any atom is 0.0954 e. The predicted molar refractivity (Wildman–Crippen MR) is 70.6 cm³/mol. The molecule has 0 radical (unpaired) electrons. The molecule has 16 heavy (non-hydrogen) atoms. The molecule has 1 N–H and O–H groups in total. The number of aliphatic hydroxyl groups is 1. The van der Waals surface area contributed by atoms with E-state index >= 15 is 0 Å². The van der Waals surface area contributed by atoms with Crippen LogP contribution < -0.4 is 0 Å². The van der Waals surface area contributed by atoms with E-state index in [1.807, 2.05) is 0 Å². The van der Waals surface area contributed by atoms with Gasteiger partial charge in [0.25, 0.3) is 0 Å². The summed E-state index contributed by atoms with van der Waals surface area (Å²) in [6, 6.07) is 0. The van der Waals surface area contributed by atoms with Crippen molar-refractivity contribution < 1.29 is 5.11 Å². The van der Waals surface area contributed by atoms with Crippen LogP contribution >= 0.6 is 0 Å². The Morgan fingerprint density at radius 3 is 1.81 bits per heavy atom. The molecule has 0 amide bonds. The molecule has 0 fully saturated rings. The minimum Gasteiger partial charge on any atom is -0.512 e. The number of allylic oxidation sites excluding steroid dienone is 4. The van der Waals surface area contributed by atoms with Crippen molar-refractivity contribution in [2.45, 2.75) is 72.1 Å². The Kier molecular flexibility index (Phi) is 5.65. The van der Waals surface area contributed by atoms with Crippen LogP contribution in [0.1, 0.15) is 72.1 Å². The molecule has 1 aliphatic rings. The van der Waals surface area contributed by atoms with Crippen LogP contribution in [0, 0.1) is 0 Å². The first-order valence-corrected chi connectivity index (χ1v) is 6.68. The summed E-state index contributed by atoms with van der Waals surface area (Å²) in [5.41, 5.74) is 3.86. The van der Waals surface area contributed by atoms with Gasteiger partial charge in [-0.15, -0.1) is 0 Å². The zero-order valence-electron chi connectivity index (χ0n) is 11.1. The van der Waals surface area contributed by atoms with E-state index < -0.39 is 0 Å². The van der Waals surface area contributed by atoms with E-state index in [1.54, 1.807) is 0 Å². The molecule has 0 spiro atoms. The van der Waals surface area contributed by atoms with Crippen LogP contribution in [-0.4, -0.2) is 5.11 Å². The number of aliphatic hydroxyl groups excluding tert-OH is 1. The molecule has 1 rings (SSSR count). The second-order valence-corrected chi connectivity index (χ2v) is 5.10. The fraction of sp³-hybridized carbons (Fsp3) is 0.733. The fourth-order valence-electron chi connectivity index (χ4n) is 2.30. The van der Waals surface area contributed by atoms with E-state index in [4.69, 9.17) is 0 Å². The van der Waals surface area contributed by atoms with E-state index in [-0.39, 0.29) is 0 Å². The molecule has 0 aliphatic heterocycles. The van der Waals surface area contributed by atoms with Gasteiger partial charge in [0.1, 0.15) is 0 Å². The molecule has 0 heterocycles. The van der Waals surface area contributed by atoms with Crippen molar-refractivity contribution in [1.29, 1.82) is 0 Å². The monoisotopic (exact) mass is 222 g/mol. The first-order chi connectivity index (χ1) is 7.63. The minimum absolute atomic E-state index is 0.609. The van der Waals surface area contributed by atoms with Gasteiger partial charge in [0.2, 0.25) is 0 Å². The fourth-order valence-corrected chi connectivity index (χ4v) is 2.30. The molecule has 0 saturated heterocycles. The van der Waals surface area contributed by atoms with E-state index in [0.717, 1.165) is 18.4 Å². The average molecular weight is 222 g/mol. The maximum atomic E-state index is 10.00. The third-order valence-electron chi connectivity index (χ3n) is 3.85. The van der Waals surface area contributed by atoms with Gasteiger partial charge in [0.05, 0.1) is 5.76 Å². The SMILES string of the molecule is C/C1=C(C)/C(C)=C(/O)CCCCCCCC1. The van der Waals surface area contributed by atoms with Gasteiger partial charge in [-0.25, -0.2) is 0 Å². The van der Waals surface area contributed by atoms with Crippen molar-refractivity contribution >= 4 is 0 Å². The highest BCUT2D eigenvalue weighted by atomic mass is 16.3. The van der Waals surface area contributed by atoms with Gasteiger partial charge in [-0.2, -0.15) is 0 Å². The van der Waals surface area contributed by atoms with Crippen molar-refractivity contribution in [1.82, 2.24) is 0 Å². The van der Waals surface area contributed by atoms with Gasteiger partial charge in [0.15, 0.2) is 0 Å². The number of hydrogen-bond acceptors (Lipinski definition) is 1. The zero-order valence-corrected chi connectivity index (χ0v) is 11.1. The molecule has 1 aliphatic carbocycles. The molecule has 0 aromatic rings. The first kappa shape index (κ1) is 13.3. The van der Waals surface area contributed by atoms with Crippen molar-refractivity contribution in [2.75, 3.05) is 0 Å². The van der Waals surface area contributed by atoms with Crippen molar-refractivity contribution in [2.24, 2.45) is 0 Å². The average Bonchev–Trinajstić information content (AvgIpc) is 2.28. The second-order valence-electron chi connectivity index (χ2n) is 5.10. The predicted octanol–water partition coefficient (Wildman–Crippen LogP) is 5.29. The Labute approximate surface area is 100 Å². The summed E-state index contributed by atoms with van der Waals surface area (Å²) in [5, 5.41) is 10.00. The summed E-state index contributed by atoms with van der Waals surface area (Å²) in [4.78, 5) is 0. The molecule has 0 bridgehead atoms. The maximum absolute atomic E-state index is 10.00. The van der Waals surface area contributed by atoms with Crippen LogP contribution in [0.2, 0.25) is 0 Å². The van der Waals surface area contributed by atoms with Gasteiger partial charge in [-0.05, 0) is 51.2 Å². The second kappa shape index (κ2) is 6.78. The van der Waals surface area contributed by atoms with Gasteiger partial charge in [-0.1, -0.05) is 31.3 Å². The largest absolute Gasteiger partial charge is 0.512 e. The minimum atomic E-state index is 0.609. The van der Waals surface area contributed by atoms with E-state index in [9.17, 15) is 5.11 Å². The summed E-state index contributed by atoms with van der Waals surface area (Å²) < 4.78 is 0. The summed E-state index contributed by atoms with van der Waals surface area (Å²) in [5.74, 6) is 0.609. The quantitative estimate of drug-likeness (QED) is 0.590. The topological polar surface area (TPSA) is 20.2 Å². The smallest absolute Gasteiger partial charge is 0.0954 e. The Bertz CT molecular complexity index is 254. The van der Waals surface area contributed by atoms with Crippen molar-refractivity contribution in [3.63, 3.8) is 0 Å². The van der Waals surface area contributed by atoms with Crippen LogP contribution in [0.15, 0.2) is 22.5 Å². The summed E-state index contributed by atoms with van der Waals surface area (Å²) in [6.07, 6.45) is 9.79. The molecule has 1 heteroatoms. The third kappa shape index (κ3) is 4.03. The van der Waals surface area contributed by atoms with Gasteiger partial charge < -0.3 is 5.11 Å². The molecule has 0 unspecified atom stereocenters. The van der Waals surface area contributed by atoms with Gasteiger partial charge in [-0.3, -0.25) is 0 Å². The molecule has 1 nitrogen and oxygen atoms in total. The van der Waals surface area contributed by atoms with Crippen molar-refractivity contribution in [3.8, 4) is 0 Å². The number of hydrogen-bond donors (Lipinski definition) is 1. The highest BCUT2D eigenvalue weighted by Gasteiger charge is 2.07. The van der Waals surface area contributed by atoms with Gasteiger partial charge in [0, 0.05) is 6.42 Å². The van der Waals surface area contributed by atoms with Crippen LogP contribution in [0.4, 0.5) is 0 Å². The standard InChI is InChI=1S/C15H26O/c1-12-10-8-6-4-5-7-9-11-15(16)14(3)13(12)2/h16H,4-11H2,1-3H3/b13-12-,15-14+. The van der Waals surface area contributed by atoms with Crippen molar-refractivity contribution in [3.05, 3.63) is 22.5 Å². The molecular weight excluding hydrogens is 196 g/mol. The summed E-state index contributed by atoms with van der Waals surface area (Å²) in [6.45, 7) is 6.41. The third-order valence-corrected chi connectivity index (χ3v) is 3.85. The lowest BCUT2D eigenvalue weighted by Gasteiger charge is -2.13. The van der Waals surface area contributed by atoms with Crippen LogP contribution in [0.25, 0.3) is 0 Å².